The lowest BCUT2D eigenvalue weighted by Gasteiger charge is -2.06. The van der Waals surface area contributed by atoms with Gasteiger partial charge in [-0.25, -0.2) is 0 Å². The Morgan fingerprint density at radius 2 is 2.13 bits per heavy atom. The Kier molecular flexibility index (Phi) is 4.63. The number of carbonyl (C=O) groups excluding carboxylic acids is 1. The fourth-order valence-electron chi connectivity index (χ4n) is 1.26. The lowest BCUT2D eigenvalue weighted by Crippen LogP contribution is -1.89. The van der Waals surface area contributed by atoms with E-state index in [1.165, 1.54) is 11.1 Å². The molecule has 0 amide bonds. The number of hydrogen-bond donors (Lipinski definition) is 0. The maximum Gasteiger partial charge on any atom is 0.151 e. The van der Waals surface area contributed by atoms with E-state index < -0.39 is 0 Å². The van der Waals surface area contributed by atoms with Crippen molar-refractivity contribution in [2.24, 2.45) is 0 Å². The topological polar surface area (TPSA) is 17.1 Å². The van der Waals surface area contributed by atoms with Gasteiger partial charge >= 0.3 is 0 Å². The molecule has 1 aromatic rings. The van der Waals surface area contributed by atoms with Crippen LogP contribution in [0, 0.1) is 6.92 Å². The Bertz CT molecular complexity index is 376. The summed E-state index contributed by atoms with van der Waals surface area (Å²) in [6.07, 6.45) is 3.10. The fraction of sp³-hybridized carbons (Fsp3) is 0.308. The molecule has 0 N–H and O–H groups in total. The van der Waals surface area contributed by atoms with Crippen LogP contribution in [0.25, 0.3) is 0 Å². The number of hydrogen-bond acceptors (Lipinski definition) is 2. The van der Waals surface area contributed by atoms with Crippen LogP contribution in [0.4, 0.5) is 0 Å². The molecule has 1 aromatic carbocycles. The van der Waals surface area contributed by atoms with Gasteiger partial charge in [0.25, 0.3) is 0 Å². The fourth-order valence-corrected chi connectivity index (χ4v) is 2.42. The summed E-state index contributed by atoms with van der Waals surface area (Å²) in [5, 5.41) is 0. The van der Waals surface area contributed by atoms with Crippen LogP contribution in [-0.2, 0) is 0 Å². The van der Waals surface area contributed by atoms with E-state index in [1.54, 1.807) is 11.8 Å². The zero-order valence-corrected chi connectivity index (χ0v) is 10.2. The number of carbonyl (C=O) groups is 1. The van der Waals surface area contributed by atoms with Crippen molar-refractivity contribution in [2.75, 3.05) is 5.75 Å². The first-order valence-electron chi connectivity index (χ1n) is 4.96. The standard InChI is InChI=1S/C13H16OS/c1-10(2)7-8-15-13-11(3)5-4-6-12(13)9-14/h4-7,9H,8H2,1-3H3. The third kappa shape index (κ3) is 3.56. The number of rotatable bonds is 4. The molecular weight excluding hydrogens is 204 g/mol. The minimum Gasteiger partial charge on any atom is -0.298 e. The quantitative estimate of drug-likeness (QED) is 0.435. The molecule has 15 heavy (non-hydrogen) atoms. The summed E-state index contributed by atoms with van der Waals surface area (Å²) in [7, 11) is 0. The lowest BCUT2D eigenvalue weighted by atomic mass is 10.1. The summed E-state index contributed by atoms with van der Waals surface area (Å²) in [5.74, 6) is 0.925. The van der Waals surface area contributed by atoms with Gasteiger partial charge in [0.05, 0.1) is 0 Å². The van der Waals surface area contributed by atoms with E-state index in [1.807, 2.05) is 25.1 Å². The highest BCUT2D eigenvalue weighted by Gasteiger charge is 2.03. The highest BCUT2D eigenvalue weighted by molar-refractivity contribution is 7.99. The van der Waals surface area contributed by atoms with Crippen molar-refractivity contribution in [3.8, 4) is 0 Å². The maximum absolute atomic E-state index is 10.8. The highest BCUT2D eigenvalue weighted by Crippen LogP contribution is 2.25. The van der Waals surface area contributed by atoms with Gasteiger partial charge in [-0.2, -0.15) is 0 Å². The Morgan fingerprint density at radius 1 is 1.40 bits per heavy atom. The first-order valence-corrected chi connectivity index (χ1v) is 5.94. The first kappa shape index (κ1) is 12.1. The zero-order chi connectivity index (χ0) is 11.3. The molecular formula is C13H16OS. The Balaban J connectivity index is 2.83. The zero-order valence-electron chi connectivity index (χ0n) is 9.41. The van der Waals surface area contributed by atoms with Gasteiger partial charge in [-0.3, -0.25) is 4.79 Å². The van der Waals surface area contributed by atoms with Crippen LogP contribution in [-0.4, -0.2) is 12.0 Å². The molecule has 0 aliphatic rings. The van der Waals surface area contributed by atoms with Crippen LogP contribution < -0.4 is 0 Å². The predicted octanol–water partition coefficient (Wildman–Crippen LogP) is 3.87. The second kappa shape index (κ2) is 5.76. The van der Waals surface area contributed by atoms with Crippen molar-refractivity contribution in [2.45, 2.75) is 25.7 Å². The van der Waals surface area contributed by atoms with Gasteiger partial charge in [0.2, 0.25) is 0 Å². The lowest BCUT2D eigenvalue weighted by molar-refractivity contribution is 0.112. The summed E-state index contributed by atoms with van der Waals surface area (Å²) in [6, 6.07) is 5.83. The van der Waals surface area contributed by atoms with E-state index in [0.29, 0.717) is 0 Å². The van der Waals surface area contributed by atoms with Crippen molar-refractivity contribution in [1.29, 1.82) is 0 Å². The molecule has 0 atom stereocenters. The van der Waals surface area contributed by atoms with Gasteiger partial charge in [0.1, 0.15) is 0 Å². The molecule has 0 aliphatic carbocycles. The van der Waals surface area contributed by atoms with Crippen LogP contribution in [0.1, 0.15) is 29.8 Å². The van der Waals surface area contributed by atoms with E-state index in [0.717, 1.165) is 22.5 Å². The smallest absolute Gasteiger partial charge is 0.151 e. The molecule has 0 unspecified atom stereocenters. The molecule has 1 nitrogen and oxygen atoms in total. The number of benzene rings is 1. The molecule has 0 radical (unpaired) electrons. The molecule has 0 fully saturated rings. The average molecular weight is 220 g/mol. The van der Waals surface area contributed by atoms with Crippen molar-refractivity contribution in [3.05, 3.63) is 41.0 Å². The maximum atomic E-state index is 10.8. The summed E-state index contributed by atoms with van der Waals surface area (Å²) in [6.45, 7) is 6.20. The largest absolute Gasteiger partial charge is 0.298 e. The summed E-state index contributed by atoms with van der Waals surface area (Å²) < 4.78 is 0. The Morgan fingerprint density at radius 3 is 2.73 bits per heavy atom. The van der Waals surface area contributed by atoms with E-state index in [4.69, 9.17) is 0 Å². The predicted molar refractivity (Wildman–Crippen MR) is 66.7 cm³/mol. The molecule has 1 rings (SSSR count). The summed E-state index contributed by atoms with van der Waals surface area (Å²) in [4.78, 5) is 11.9. The summed E-state index contributed by atoms with van der Waals surface area (Å²) in [5.41, 5.74) is 3.28. The highest BCUT2D eigenvalue weighted by atomic mass is 32.2. The van der Waals surface area contributed by atoms with Crippen LogP contribution >= 0.6 is 11.8 Å². The van der Waals surface area contributed by atoms with Gasteiger partial charge in [-0.05, 0) is 26.3 Å². The van der Waals surface area contributed by atoms with Crippen LogP contribution in [0.3, 0.4) is 0 Å². The van der Waals surface area contributed by atoms with Crippen LogP contribution in [0.2, 0.25) is 0 Å². The van der Waals surface area contributed by atoms with Gasteiger partial charge in [0.15, 0.2) is 6.29 Å². The molecule has 80 valence electrons. The Hall–Kier alpha value is -1.02. The second-order valence-electron chi connectivity index (χ2n) is 3.70. The van der Waals surface area contributed by atoms with Crippen LogP contribution in [0.15, 0.2) is 34.7 Å². The third-order valence-electron chi connectivity index (χ3n) is 2.09. The number of thioether (sulfide) groups is 1. The molecule has 0 bridgehead atoms. The van der Waals surface area contributed by atoms with E-state index in [-0.39, 0.29) is 0 Å². The van der Waals surface area contributed by atoms with E-state index >= 15 is 0 Å². The molecule has 0 aliphatic heterocycles. The molecule has 0 heterocycles. The number of allylic oxidation sites excluding steroid dienone is 1. The Labute approximate surface area is 95.6 Å². The van der Waals surface area contributed by atoms with Gasteiger partial charge < -0.3 is 0 Å². The van der Waals surface area contributed by atoms with Gasteiger partial charge in [-0.1, -0.05) is 29.8 Å². The normalized spacial score (nSPS) is 9.80. The number of aldehydes is 1. The van der Waals surface area contributed by atoms with Gasteiger partial charge in [-0.15, -0.1) is 11.8 Å². The average Bonchev–Trinajstić information content (AvgIpc) is 2.20. The SMILES string of the molecule is CC(C)=CCSc1c(C)cccc1C=O. The van der Waals surface area contributed by atoms with Crippen molar-refractivity contribution < 1.29 is 4.79 Å². The van der Waals surface area contributed by atoms with Crippen molar-refractivity contribution in [3.63, 3.8) is 0 Å². The molecule has 0 saturated heterocycles. The van der Waals surface area contributed by atoms with Crippen molar-refractivity contribution in [1.82, 2.24) is 0 Å². The first-order chi connectivity index (χ1) is 7.15. The summed E-state index contributed by atoms with van der Waals surface area (Å²) >= 11 is 1.72. The second-order valence-corrected chi connectivity index (χ2v) is 4.73. The van der Waals surface area contributed by atoms with Crippen LogP contribution in [0.5, 0.6) is 0 Å². The number of aryl methyl sites for hydroxylation is 1. The van der Waals surface area contributed by atoms with Crippen molar-refractivity contribution >= 4 is 18.0 Å². The molecule has 0 spiro atoms. The molecule has 0 aromatic heterocycles. The molecule has 0 saturated carbocycles. The monoisotopic (exact) mass is 220 g/mol. The van der Waals surface area contributed by atoms with E-state index in [2.05, 4.69) is 19.9 Å². The third-order valence-corrected chi connectivity index (χ3v) is 3.27. The van der Waals surface area contributed by atoms with Gasteiger partial charge in [0, 0.05) is 16.2 Å². The minimum atomic E-state index is 0.794. The van der Waals surface area contributed by atoms with E-state index in [9.17, 15) is 4.79 Å². The minimum absolute atomic E-state index is 0.794. The molecule has 2 heteroatoms.